The van der Waals surface area contributed by atoms with Crippen molar-refractivity contribution in [2.45, 2.75) is 13.1 Å². The monoisotopic (exact) mass is 398 g/mol. The van der Waals surface area contributed by atoms with Gasteiger partial charge in [-0.3, -0.25) is 4.79 Å². The molecule has 0 aromatic heterocycles. The molecule has 0 saturated carbocycles. The van der Waals surface area contributed by atoms with Gasteiger partial charge in [-0.25, -0.2) is 4.79 Å². The normalized spacial score (nSPS) is 10.5. The number of rotatable bonds is 9. The highest BCUT2D eigenvalue weighted by Crippen LogP contribution is 2.14. The Morgan fingerprint density at radius 3 is 2.41 bits per heavy atom. The Bertz CT molecular complexity index is 823. The zero-order chi connectivity index (χ0) is 21.2. The fourth-order valence-corrected chi connectivity index (χ4v) is 2.75. The Balaban J connectivity index is 1.86. The molecule has 0 spiro atoms. The van der Waals surface area contributed by atoms with Gasteiger partial charge in [-0.2, -0.15) is 0 Å². The fourth-order valence-electron chi connectivity index (χ4n) is 2.75. The van der Waals surface area contributed by atoms with Crippen LogP contribution in [0, 0.1) is 0 Å². The van der Waals surface area contributed by atoms with E-state index in [0.29, 0.717) is 25.2 Å². The molecule has 0 heterocycles. The molecule has 0 aliphatic carbocycles. The Morgan fingerprint density at radius 1 is 0.966 bits per heavy atom. The number of hydrogen-bond acceptors (Lipinski definition) is 4. The van der Waals surface area contributed by atoms with E-state index in [-0.39, 0.29) is 11.9 Å². The molecule has 0 fully saturated rings. The van der Waals surface area contributed by atoms with Crippen LogP contribution in [0.5, 0.6) is 5.75 Å². The van der Waals surface area contributed by atoms with E-state index in [1.165, 1.54) is 0 Å². The summed E-state index contributed by atoms with van der Waals surface area (Å²) in [5.74, 6) is 0.646. The summed E-state index contributed by atoms with van der Waals surface area (Å²) < 4.78 is 5.21. The molecule has 156 valence electrons. The van der Waals surface area contributed by atoms with Gasteiger partial charge in [-0.05, 0) is 49.5 Å². The maximum atomic E-state index is 12.4. The van der Waals surface area contributed by atoms with Gasteiger partial charge < -0.3 is 25.2 Å². The van der Waals surface area contributed by atoms with E-state index in [1.807, 2.05) is 55.4 Å². The molecular formula is C22H30N4O3. The SMILES string of the molecule is COc1cccc(CN(C)C(=O)NCc2cccc(C(=O)NCCN(C)C)c2)c1. The summed E-state index contributed by atoms with van der Waals surface area (Å²) >= 11 is 0. The van der Waals surface area contributed by atoms with Gasteiger partial charge in [0.15, 0.2) is 0 Å². The van der Waals surface area contributed by atoms with E-state index in [2.05, 4.69) is 10.6 Å². The smallest absolute Gasteiger partial charge is 0.317 e. The Kier molecular flexibility index (Phi) is 8.48. The van der Waals surface area contributed by atoms with Crippen molar-refractivity contribution in [3.8, 4) is 5.75 Å². The van der Waals surface area contributed by atoms with Crippen LogP contribution in [0.3, 0.4) is 0 Å². The number of carbonyl (C=O) groups is 2. The first-order chi connectivity index (χ1) is 13.9. The van der Waals surface area contributed by atoms with Crippen LogP contribution in [-0.2, 0) is 13.1 Å². The first-order valence-electron chi connectivity index (χ1n) is 9.53. The van der Waals surface area contributed by atoms with Crippen molar-refractivity contribution in [1.82, 2.24) is 20.4 Å². The summed E-state index contributed by atoms with van der Waals surface area (Å²) in [4.78, 5) is 28.3. The van der Waals surface area contributed by atoms with E-state index in [0.717, 1.165) is 23.4 Å². The summed E-state index contributed by atoms with van der Waals surface area (Å²) in [6, 6.07) is 14.7. The van der Waals surface area contributed by atoms with Crippen LogP contribution in [0.4, 0.5) is 4.79 Å². The van der Waals surface area contributed by atoms with Crippen molar-refractivity contribution in [3.05, 3.63) is 65.2 Å². The van der Waals surface area contributed by atoms with Crippen molar-refractivity contribution >= 4 is 11.9 Å². The minimum atomic E-state index is -0.186. The molecule has 3 amide bonds. The molecule has 0 radical (unpaired) electrons. The number of nitrogens with one attached hydrogen (secondary N) is 2. The summed E-state index contributed by atoms with van der Waals surface area (Å²) in [5, 5.41) is 5.78. The molecule has 0 atom stereocenters. The third kappa shape index (κ3) is 7.46. The molecular weight excluding hydrogens is 368 g/mol. The highest BCUT2D eigenvalue weighted by atomic mass is 16.5. The lowest BCUT2D eigenvalue weighted by atomic mass is 10.1. The number of likely N-dealkylation sites (N-methyl/N-ethyl adjacent to an activating group) is 1. The highest BCUT2D eigenvalue weighted by Gasteiger charge is 2.10. The lowest BCUT2D eigenvalue weighted by molar-refractivity contribution is 0.0951. The van der Waals surface area contributed by atoms with E-state index in [9.17, 15) is 9.59 Å². The molecule has 2 N–H and O–H groups in total. The molecule has 2 aromatic carbocycles. The van der Waals surface area contributed by atoms with E-state index in [1.54, 1.807) is 31.2 Å². The van der Waals surface area contributed by atoms with Crippen LogP contribution in [0.15, 0.2) is 48.5 Å². The van der Waals surface area contributed by atoms with Crippen LogP contribution in [0.25, 0.3) is 0 Å². The first kappa shape index (κ1) is 22.2. The predicted octanol–water partition coefficient (Wildman–Crippen LogP) is 2.33. The number of carbonyl (C=O) groups excluding carboxylic acids is 2. The van der Waals surface area contributed by atoms with Crippen LogP contribution >= 0.6 is 0 Å². The fraction of sp³-hybridized carbons (Fsp3) is 0.364. The minimum Gasteiger partial charge on any atom is -0.497 e. The van der Waals surface area contributed by atoms with E-state index >= 15 is 0 Å². The van der Waals surface area contributed by atoms with Crippen molar-refractivity contribution in [2.75, 3.05) is 41.3 Å². The van der Waals surface area contributed by atoms with E-state index in [4.69, 9.17) is 4.74 Å². The second-order valence-corrected chi connectivity index (χ2v) is 7.13. The molecule has 7 nitrogen and oxygen atoms in total. The van der Waals surface area contributed by atoms with E-state index < -0.39 is 0 Å². The zero-order valence-corrected chi connectivity index (χ0v) is 17.6. The standard InChI is InChI=1S/C22H30N4O3/c1-25(2)12-11-23-21(27)19-9-5-7-17(13-19)15-24-22(28)26(3)16-18-8-6-10-20(14-18)29-4/h5-10,13-14H,11-12,15-16H2,1-4H3,(H,23,27)(H,24,28). The van der Waals surface area contributed by atoms with Gasteiger partial charge in [-0.1, -0.05) is 24.3 Å². The molecule has 0 saturated heterocycles. The number of hydrogen-bond donors (Lipinski definition) is 2. The average molecular weight is 399 g/mol. The van der Waals surface area contributed by atoms with Crippen LogP contribution in [0.2, 0.25) is 0 Å². The molecule has 2 aromatic rings. The number of benzene rings is 2. The number of methoxy groups -OCH3 is 1. The average Bonchev–Trinajstić information content (AvgIpc) is 2.72. The topological polar surface area (TPSA) is 73.9 Å². The summed E-state index contributed by atoms with van der Waals surface area (Å²) in [5.41, 5.74) is 2.44. The molecule has 29 heavy (non-hydrogen) atoms. The molecule has 0 unspecified atom stereocenters. The van der Waals surface area contributed by atoms with Crippen LogP contribution in [0.1, 0.15) is 21.5 Å². The molecule has 0 aliphatic rings. The predicted molar refractivity (Wildman–Crippen MR) is 114 cm³/mol. The van der Waals surface area contributed by atoms with Gasteiger partial charge in [0.1, 0.15) is 5.75 Å². The van der Waals surface area contributed by atoms with Gasteiger partial charge in [0.05, 0.1) is 7.11 Å². The minimum absolute atomic E-state index is 0.116. The van der Waals surface area contributed by atoms with Gasteiger partial charge in [-0.15, -0.1) is 0 Å². The number of nitrogens with zero attached hydrogens (tertiary/aromatic N) is 2. The molecule has 2 rings (SSSR count). The van der Waals surface area contributed by atoms with Crippen molar-refractivity contribution < 1.29 is 14.3 Å². The Labute approximate surface area is 172 Å². The number of amides is 3. The highest BCUT2D eigenvalue weighted by molar-refractivity contribution is 5.94. The zero-order valence-electron chi connectivity index (χ0n) is 17.6. The van der Waals surface area contributed by atoms with Crippen molar-refractivity contribution in [1.29, 1.82) is 0 Å². The van der Waals surface area contributed by atoms with Crippen LogP contribution < -0.4 is 15.4 Å². The second-order valence-electron chi connectivity index (χ2n) is 7.13. The van der Waals surface area contributed by atoms with Crippen molar-refractivity contribution in [2.24, 2.45) is 0 Å². The quantitative estimate of drug-likeness (QED) is 0.680. The van der Waals surface area contributed by atoms with Gasteiger partial charge >= 0.3 is 6.03 Å². The molecule has 0 bridgehead atoms. The summed E-state index contributed by atoms with van der Waals surface area (Å²) in [6.07, 6.45) is 0. The van der Waals surface area contributed by atoms with Crippen LogP contribution in [-0.4, -0.2) is 63.1 Å². The van der Waals surface area contributed by atoms with Crippen molar-refractivity contribution in [3.63, 3.8) is 0 Å². The third-order valence-corrected chi connectivity index (χ3v) is 4.38. The first-order valence-corrected chi connectivity index (χ1v) is 9.53. The lowest BCUT2D eigenvalue weighted by Gasteiger charge is -2.18. The Morgan fingerprint density at radius 2 is 1.69 bits per heavy atom. The maximum absolute atomic E-state index is 12.4. The van der Waals surface area contributed by atoms with Gasteiger partial charge in [0, 0.05) is 38.8 Å². The number of ether oxygens (including phenoxy) is 1. The largest absolute Gasteiger partial charge is 0.497 e. The Hall–Kier alpha value is -3.06. The third-order valence-electron chi connectivity index (χ3n) is 4.38. The van der Waals surface area contributed by atoms with Gasteiger partial charge in [0.25, 0.3) is 5.91 Å². The summed E-state index contributed by atoms with van der Waals surface area (Å²) in [7, 11) is 7.27. The van der Waals surface area contributed by atoms with Gasteiger partial charge in [0.2, 0.25) is 0 Å². The lowest BCUT2D eigenvalue weighted by Crippen LogP contribution is -2.36. The second kappa shape index (κ2) is 11.1. The summed E-state index contributed by atoms with van der Waals surface area (Å²) in [6.45, 7) is 2.18. The molecule has 0 aliphatic heterocycles. The number of urea groups is 1. The maximum Gasteiger partial charge on any atom is 0.317 e. The molecule has 7 heteroatoms.